The standard InChI is InChI=1S/C25H20F2N2O5S/c1-4-34-24(33)22-13(3)28-25(35-22)29-19(14-7-9-16(26)10-8-14)18(21(31)23(29)32)20(30)15-6-5-12(2)17(27)11-15/h5-11,19,30H,4H2,1-3H3/b20-18+. The summed E-state index contributed by atoms with van der Waals surface area (Å²) in [5.74, 6) is -4.38. The number of anilines is 1. The summed E-state index contributed by atoms with van der Waals surface area (Å²) in [6.45, 7) is 4.89. The van der Waals surface area contributed by atoms with E-state index < -0.39 is 41.1 Å². The summed E-state index contributed by atoms with van der Waals surface area (Å²) in [6, 6.07) is 7.77. The summed E-state index contributed by atoms with van der Waals surface area (Å²) in [6.07, 6.45) is 0. The van der Waals surface area contributed by atoms with Gasteiger partial charge in [-0.15, -0.1) is 0 Å². The Bertz CT molecular complexity index is 1380. The summed E-state index contributed by atoms with van der Waals surface area (Å²) >= 11 is 0.855. The Morgan fingerprint density at radius 1 is 1.14 bits per heavy atom. The van der Waals surface area contributed by atoms with E-state index in [0.717, 1.165) is 34.4 Å². The molecule has 4 rings (SSSR count). The lowest BCUT2D eigenvalue weighted by molar-refractivity contribution is -0.132. The number of hydrogen-bond acceptors (Lipinski definition) is 7. The molecular weight excluding hydrogens is 478 g/mol. The number of Topliss-reactive ketones (excluding diaryl/α,β-unsaturated/α-hetero) is 1. The Morgan fingerprint density at radius 2 is 1.83 bits per heavy atom. The average molecular weight is 499 g/mol. The minimum atomic E-state index is -1.19. The number of rotatable bonds is 5. The van der Waals surface area contributed by atoms with Gasteiger partial charge in [-0.25, -0.2) is 18.6 Å². The first kappa shape index (κ1) is 24.2. The lowest BCUT2D eigenvalue weighted by Gasteiger charge is -2.23. The van der Waals surface area contributed by atoms with E-state index >= 15 is 0 Å². The molecule has 0 bridgehead atoms. The fourth-order valence-electron chi connectivity index (χ4n) is 3.76. The van der Waals surface area contributed by atoms with Crippen molar-refractivity contribution < 1.29 is 33.0 Å². The molecule has 10 heteroatoms. The molecular formula is C25H20F2N2O5S. The molecule has 0 radical (unpaired) electrons. The molecule has 1 unspecified atom stereocenters. The summed E-state index contributed by atoms with van der Waals surface area (Å²) in [7, 11) is 0. The van der Waals surface area contributed by atoms with Crippen LogP contribution in [-0.4, -0.2) is 34.4 Å². The number of aromatic nitrogens is 1. The van der Waals surface area contributed by atoms with Gasteiger partial charge >= 0.3 is 11.9 Å². The largest absolute Gasteiger partial charge is 0.507 e. The molecule has 1 aliphatic heterocycles. The molecule has 1 aliphatic rings. The molecule has 1 fully saturated rings. The Hall–Kier alpha value is -3.92. The van der Waals surface area contributed by atoms with E-state index in [4.69, 9.17) is 4.74 Å². The van der Waals surface area contributed by atoms with Gasteiger partial charge in [-0.3, -0.25) is 14.5 Å². The van der Waals surface area contributed by atoms with Gasteiger partial charge in [0.25, 0.3) is 5.78 Å². The molecule has 1 aromatic heterocycles. The zero-order valence-electron chi connectivity index (χ0n) is 19.0. The Morgan fingerprint density at radius 3 is 2.46 bits per heavy atom. The molecule has 1 saturated heterocycles. The summed E-state index contributed by atoms with van der Waals surface area (Å²) < 4.78 is 32.9. The molecule has 35 heavy (non-hydrogen) atoms. The van der Waals surface area contributed by atoms with Crippen molar-refractivity contribution in [2.24, 2.45) is 0 Å². The second-order valence-corrected chi connectivity index (χ2v) is 8.79. The number of ether oxygens (including phenoxy) is 1. The van der Waals surface area contributed by atoms with E-state index in [2.05, 4.69) is 4.98 Å². The first-order chi connectivity index (χ1) is 16.6. The van der Waals surface area contributed by atoms with Gasteiger partial charge in [0.1, 0.15) is 22.3 Å². The van der Waals surface area contributed by atoms with Crippen LogP contribution in [0.25, 0.3) is 5.76 Å². The number of aliphatic hydroxyl groups excluding tert-OH is 1. The van der Waals surface area contributed by atoms with Crippen molar-refractivity contribution in [1.82, 2.24) is 4.98 Å². The maximum atomic E-state index is 14.2. The van der Waals surface area contributed by atoms with E-state index in [0.29, 0.717) is 16.8 Å². The third-order valence-corrected chi connectivity index (χ3v) is 6.66. The number of esters is 1. The molecule has 0 spiro atoms. The molecule has 0 aliphatic carbocycles. The van der Waals surface area contributed by atoms with Gasteiger partial charge in [-0.1, -0.05) is 35.6 Å². The summed E-state index contributed by atoms with van der Waals surface area (Å²) in [4.78, 5) is 44.1. The molecule has 1 amide bonds. The molecule has 2 aromatic carbocycles. The topological polar surface area (TPSA) is 96.8 Å². The van der Waals surface area contributed by atoms with Gasteiger partial charge in [0, 0.05) is 5.56 Å². The molecule has 2 heterocycles. The number of nitrogens with zero attached hydrogens (tertiary/aromatic N) is 2. The van der Waals surface area contributed by atoms with Gasteiger partial charge in [0.05, 0.1) is 23.9 Å². The number of aryl methyl sites for hydroxylation is 2. The number of carbonyl (C=O) groups excluding carboxylic acids is 3. The second kappa shape index (κ2) is 9.38. The fraction of sp³-hybridized carbons (Fsp3) is 0.200. The predicted octanol–water partition coefficient (Wildman–Crippen LogP) is 4.84. The summed E-state index contributed by atoms with van der Waals surface area (Å²) in [5, 5.41) is 11.1. The highest BCUT2D eigenvalue weighted by Crippen LogP contribution is 2.44. The third-order valence-electron chi connectivity index (χ3n) is 5.53. The predicted molar refractivity (Wildman–Crippen MR) is 125 cm³/mol. The average Bonchev–Trinajstić information content (AvgIpc) is 3.33. The number of amides is 1. The fourth-order valence-corrected chi connectivity index (χ4v) is 4.74. The van der Waals surface area contributed by atoms with Crippen LogP contribution in [0.5, 0.6) is 0 Å². The zero-order chi connectivity index (χ0) is 25.4. The van der Waals surface area contributed by atoms with Crippen LogP contribution in [0.15, 0.2) is 48.0 Å². The van der Waals surface area contributed by atoms with E-state index in [-0.39, 0.29) is 27.8 Å². The van der Waals surface area contributed by atoms with Gasteiger partial charge in [0.2, 0.25) is 0 Å². The minimum absolute atomic E-state index is 0.000689. The highest BCUT2D eigenvalue weighted by atomic mass is 32.1. The highest BCUT2D eigenvalue weighted by molar-refractivity contribution is 7.17. The molecule has 7 nitrogen and oxygen atoms in total. The minimum Gasteiger partial charge on any atom is -0.507 e. The Labute approximate surface area is 203 Å². The van der Waals surface area contributed by atoms with Gasteiger partial charge in [0.15, 0.2) is 5.13 Å². The molecule has 0 saturated carbocycles. The van der Waals surface area contributed by atoms with Gasteiger partial charge < -0.3 is 9.84 Å². The van der Waals surface area contributed by atoms with Crippen molar-refractivity contribution >= 4 is 39.9 Å². The number of carbonyl (C=O) groups is 3. The highest BCUT2D eigenvalue weighted by Gasteiger charge is 2.48. The smallest absolute Gasteiger partial charge is 0.350 e. The van der Waals surface area contributed by atoms with Crippen LogP contribution in [0.1, 0.15) is 45.0 Å². The van der Waals surface area contributed by atoms with Crippen LogP contribution in [0.3, 0.4) is 0 Å². The number of aliphatic hydroxyl groups is 1. The molecule has 1 atom stereocenters. The lowest BCUT2D eigenvalue weighted by Crippen LogP contribution is -2.29. The first-order valence-electron chi connectivity index (χ1n) is 10.6. The van der Waals surface area contributed by atoms with Crippen molar-refractivity contribution in [3.8, 4) is 0 Å². The van der Waals surface area contributed by atoms with Gasteiger partial charge in [-0.2, -0.15) is 0 Å². The van der Waals surface area contributed by atoms with Crippen LogP contribution < -0.4 is 4.90 Å². The van der Waals surface area contributed by atoms with E-state index in [9.17, 15) is 28.3 Å². The zero-order valence-corrected chi connectivity index (χ0v) is 19.8. The van der Waals surface area contributed by atoms with E-state index in [1.807, 2.05) is 0 Å². The number of halogens is 2. The van der Waals surface area contributed by atoms with Crippen molar-refractivity contribution in [2.45, 2.75) is 26.8 Å². The maximum absolute atomic E-state index is 14.2. The number of benzene rings is 2. The number of hydrogen-bond donors (Lipinski definition) is 1. The maximum Gasteiger partial charge on any atom is 0.350 e. The lowest BCUT2D eigenvalue weighted by atomic mass is 9.95. The van der Waals surface area contributed by atoms with Crippen molar-refractivity contribution in [3.05, 3.63) is 86.9 Å². The number of thiazole rings is 1. The Balaban J connectivity index is 1.92. The van der Waals surface area contributed by atoms with E-state index in [1.54, 1.807) is 20.8 Å². The molecule has 1 N–H and O–H groups in total. The van der Waals surface area contributed by atoms with Crippen molar-refractivity contribution in [3.63, 3.8) is 0 Å². The Kier molecular flexibility index (Phi) is 6.49. The third kappa shape index (κ3) is 4.32. The van der Waals surface area contributed by atoms with Crippen LogP contribution in [0.2, 0.25) is 0 Å². The van der Waals surface area contributed by atoms with Crippen molar-refractivity contribution in [1.29, 1.82) is 0 Å². The second-order valence-electron chi connectivity index (χ2n) is 7.82. The van der Waals surface area contributed by atoms with Gasteiger partial charge in [-0.05, 0) is 50.1 Å². The van der Waals surface area contributed by atoms with Crippen LogP contribution in [0.4, 0.5) is 13.9 Å². The van der Waals surface area contributed by atoms with Crippen molar-refractivity contribution in [2.75, 3.05) is 11.5 Å². The normalized spacial score (nSPS) is 17.2. The SMILES string of the molecule is CCOC(=O)c1sc(N2C(=O)C(=O)/C(=C(/O)c3ccc(C)c(F)c3)C2c2ccc(F)cc2)nc1C. The number of ketones is 1. The van der Waals surface area contributed by atoms with E-state index in [1.165, 1.54) is 24.3 Å². The molecule has 180 valence electrons. The van der Waals surface area contributed by atoms with Crippen LogP contribution in [0, 0.1) is 25.5 Å². The van der Waals surface area contributed by atoms with Crippen LogP contribution in [-0.2, 0) is 14.3 Å². The summed E-state index contributed by atoms with van der Waals surface area (Å²) in [5.41, 5.74) is 0.632. The molecule has 3 aromatic rings. The quantitative estimate of drug-likeness (QED) is 0.234. The first-order valence-corrected chi connectivity index (χ1v) is 11.4. The van der Waals surface area contributed by atoms with Crippen LogP contribution >= 0.6 is 11.3 Å². The monoisotopic (exact) mass is 498 g/mol.